The molecule has 32 heavy (non-hydrogen) atoms. The van der Waals surface area contributed by atoms with Crippen molar-refractivity contribution >= 4 is 29.2 Å². The van der Waals surface area contributed by atoms with E-state index in [9.17, 15) is 22.4 Å². The summed E-state index contributed by atoms with van der Waals surface area (Å²) in [6, 6.07) is 15.8. The van der Waals surface area contributed by atoms with Gasteiger partial charge in [0.1, 0.15) is 5.82 Å². The van der Waals surface area contributed by atoms with Gasteiger partial charge in [-0.15, -0.1) is 0 Å². The van der Waals surface area contributed by atoms with Crippen LogP contribution in [-0.4, -0.2) is 12.6 Å². The molecule has 1 aliphatic heterocycles. The molecule has 1 heterocycles. The zero-order valence-corrected chi connectivity index (χ0v) is 18.0. The molecule has 3 aromatic rings. The maximum absolute atomic E-state index is 13.4. The number of benzene rings is 3. The van der Waals surface area contributed by atoms with E-state index in [1.165, 1.54) is 0 Å². The van der Waals surface area contributed by atoms with Crippen LogP contribution >= 0.6 is 0 Å². The molecule has 164 valence electrons. The Bertz CT molecular complexity index is 1190. The molecule has 0 spiro atoms. The molecular formula is C25H22BF4NO. The molecule has 0 saturated heterocycles. The quantitative estimate of drug-likeness (QED) is 0.435. The standard InChI is InChI=1S/C25H22BF4NO/c1-15-4-6-16(7-5-15)26-14-24(2,3)20-11-9-18(13-22(20)26)31-23(32)19-10-8-17(27)12-21(19)25(28,29)30/h4-13H,14H2,1-3H3,(H,31,32). The molecule has 0 saturated carbocycles. The number of anilines is 1. The van der Waals surface area contributed by atoms with Crippen LogP contribution in [0.4, 0.5) is 23.2 Å². The number of alkyl halides is 3. The van der Waals surface area contributed by atoms with Crippen LogP contribution in [-0.2, 0) is 11.6 Å². The van der Waals surface area contributed by atoms with Crippen LogP contribution in [0.2, 0.25) is 6.32 Å². The lowest BCUT2D eigenvalue weighted by Gasteiger charge is -2.20. The molecule has 0 unspecified atom stereocenters. The van der Waals surface area contributed by atoms with Crippen molar-refractivity contribution in [1.29, 1.82) is 0 Å². The summed E-state index contributed by atoms with van der Waals surface area (Å²) in [5, 5.41) is 2.57. The van der Waals surface area contributed by atoms with Crippen molar-refractivity contribution in [3.63, 3.8) is 0 Å². The van der Waals surface area contributed by atoms with Crippen molar-refractivity contribution in [2.24, 2.45) is 0 Å². The highest BCUT2D eigenvalue weighted by Gasteiger charge is 2.40. The Kier molecular flexibility index (Phi) is 5.39. The fourth-order valence-corrected chi connectivity index (χ4v) is 4.52. The monoisotopic (exact) mass is 439 g/mol. The van der Waals surface area contributed by atoms with E-state index < -0.39 is 29.0 Å². The van der Waals surface area contributed by atoms with E-state index in [0.717, 1.165) is 40.5 Å². The van der Waals surface area contributed by atoms with Gasteiger partial charge in [0.2, 0.25) is 6.71 Å². The van der Waals surface area contributed by atoms with Gasteiger partial charge in [-0.25, -0.2) is 4.39 Å². The van der Waals surface area contributed by atoms with Gasteiger partial charge in [-0.3, -0.25) is 4.79 Å². The second kappa shape index (κ2) is 7.80. The number of nitrogens with one attached hydrogen (secondary N) is 1. The average Bonchev–Trinajstić information content (AvgIpc) is 2.98. The molecule has 0 radical (unpaired) electrons. The molecule has 1 aliphatic rings. The van der Waals surface area contributed by atoms with Crippen molar-refractivity contribution in [2.75, 3.05) is 5.32 Å². The van der Waals surface area contributed by atoms with E-state index in [0.29, 0.717) is 11.8 Å². The first-order chi connectivity index (χ1) is 15.0. The fraction of sp³-hybridized carbons (Fsp3) is 0.240. The smallest absolute Gasteiger partial charge is 0.322 e. The van der Waals surface area contributed by atoms with Crippen LogP contribution in [0.1, 0.15) is 40.9 Å². The molecule has 0 aromatic heterocycles. The highest BCUT2D eigenvalue weighted by molar-refractivity contribution is 6.86. The van der Waals surface area contributed by atoms with E-state index in [-0.39, 0.29) is 12.1 Å². The number of hydrogen-bond donors (Lipinski definition) is 1. The fourth-order valence-electron chi connectivity index (χ4n) is 4.52. The molecule has 0 fully saturated rings. The van der Waals surface area contributed by atoms with Crippen LogP contribution in [0.5, 0.6) is 0 Å². The van der Waals surface area contributed by atoms with Crippen LogP contribution in [0.15, 0.2) is 60.7 Å². The predicted octanol–water partition coefficient (Wildman–Crippen LogP) is 5.31. The lowest BCUT2D eigenvalue weighted by atomic mass is 9.40. The van der Waals surface area contributed by atoms with E-state index in [1.54, 1.807) is 6.07 Å². The number of aryl methyl sites for hydroxylation is 1. The Labute approximate surface area is 184 Å². The topological polar surface area (TPSA) is 29.1 Å². The van der Waals surface area contributed by atoms with Gasteiger partial charge in [0, 0.05) is 5.69 Å². The minimum atomic E-state index is -4.84. The normalized spacial score (nSPS) is 14.9. The van der Waals surface area contributed by atoms with Gasteiger partial charge >= 0.3 is 6.18 Å². The van der Waals surface area contributed by atoms with Crippen molar-refractivity contribution in [3.05, 3.63) is 88.7 Å². The molecule has 3 aromatic carbocycles. The van der Waals surface area contributed by atoms with E-state index in [2.05, 4.69) is 43.4 Å². The summed E-state index contributed by atoms with van der Waals surface area (Å²) < 4.78 is 53.3. The van der Waals surface area contributed by atoms with Crippen molar-refractivity contribution in [3.8, 4) is 0 Å². The predicted molar refractivity (Wildman–Crippen MR) is 120 cm³/mol. The molecule has 0 aliphatic carbocycles. The second-order valence-electron chi connectivity index (χ2n) is 9.00. The zero-order chi connectivity index (χ0) is 23.3. The molecule has 0 atom stereocenters. The van der Waals surface area contributed by atoms with E-state index >= 15 is 0 Å². The third-order valence-electron chi connectivity index (χ3n) is 6.14. The van der Waals surface area contributed by atoms with Gasteiger partial charge in [0.15, 0.2) is 0 Å². The summed E-state index contributed by atoms with van der Waals surface area (Å²) in [4.78, 5) is 12.7. The molecule has 7 heteroatoms. The summed E-state index contributed by atoms with van der Waals surface area (Å²) in [6.07, 6.45) is -3.95. The minimum Gasteiger partial charge on any atom is -0.322 e. The Morgan fingerprint density at radius 3 is 2.34 bits per heavy atom. The number of halogens is 4. The Morgan fingerprint density at radius 2 is 1.69 bits per heavy atom. The summed E-state index contributed by atoms with van der Waals surface area (Å²) in [5.41, 5.74) is 2.93. The summed E-state index contributed by atoms with van der Waals surface area (Å²) in [7, 11) is 0. The average molecular weight is 439 g/mol. The highest BCUT2D eigenvalue weighted by Crippen LogP contribution is 2.36. The van der Waals surface area contributed by atoms with Crippen LogP contribution in [0.3, 0.4) is 0 Å². The molecule has 0 bridgehead atoms. The lowest BCUT2D eigenvalue weighted by Crippen LogP contribution is -2.39. The van der Waals surface area contributed by atoms with E-state index in [4.69, 9.17) is 0 Å². The first kappa shape index (κ1) is 22.1. The van der Waals surface area contributed by atoms with Crippen LogP contribution in [0.25, 0.3) is 0 Å². The van der Waals surface area contributed by atoms with E-state index in [1.807, 2.05) is 19.1 Å². The Balaban J connectivity index is 1.69. The zero-order valence-electron chi connectivity index (χ0n) is 18.0. The molecule has 1 amide bonds. The molecular weight excluding hydrogens is 417 g/mol. The SMILES string of the molecule is Cc1ccc(B2CC(C)(C)c3ccc(NC(=O)c4ccc(F)cc4C(F)(F)F)cc32)cc1. The highest BCUT2D eigenvalue weighted by atomic mass is 19.4. The summed E-state index contributed by atoms with van der Waals surface area (Å²) in [5.74, 6) is -1.98. The van der Waals surface area contributed by atoms with Gasteiger partial charge in [-0.05, 0) is 48.2 Å². The number of fused-ring (bicyclic) bond motifs is 1. The Hall–Kier alpha value is -3.09. The van der Waals surface area contributed by atoms with Gasteiger partial charge in [-0.1, -0.05) is 67.0 Å². The van der Waals surface area contributed by atoms with Crippen molar-refractivity contribution in [1.82, 2.24) is 0 Å². The number of amides is 1. The van der Waals surface area contributed by atoms with Crippen LogP contribution in [0, 0.1) is 12.7 Å². The Morgan fingerprint density at radius 1 is 1.00 bits per heavy atom. The maximum atomic E-state index is 13.4. The van der Waals surface area contributed by atoms with Gasteiger partial charge in [-0.2, -0.15) is 13.2 Å². The summed E-state index contributed by atoms with van der Waals surface area (Å²) in [6.45, 7) is 6.46. The number of rotatable bonds is 3. The summed E-state index contributed by atoms with van der Waals surface area (Å²) >= 11 is 0. The second-order valence-corrected chi connectivity index (χ2v) is 9.00. The number of carbonyl (C=O) groups is 1. The first-order valence-electron chi connectivity index (χ1n) is 10.3. The van der Waals surface area contributed by atoms with Crippen molar-refractivity contribution < 1.29 is 22.4 Å². The lowest BCUT2D eigenvalue weighted by molar-refractivity contribution is -0.138. The molecule has 2 nitrogen and oxygen atoms in total. The maximum Gasteiger partial charge on any atom is 0.417 e. The molecule has 1 N–H and O–H groups in total. The van der Waals surface area contributed by atoms with Crippen molar-refractivity contribution in [2.45, 2.75) is 38.7 Å². The third-order valence-corrected chi connectivity index (χ3v) is 6.14. The first-order valence-corrected chi connectivity index (χ1v) is 10.3. The third kappa shape index (κ3) is 4.16. The van der Waals surface area contributed by atoms with Gasteiger partial charge in [0.25, 0.3) is 5.91 Å². The number of carbonyl (C=O) groups excluding carboxylic acids is 1. The number of hydrogen-bond acceptors (Lipinski definition) is 1. The van der Waals surface area contributed by atoms with Crippen LogP contribution < -0.4 is 16.2 Å². The van der Waals surface area contributed by atoms with Gasteiger partial charge in [0.05, 0.1) is 11.1 Å². The largest absolute Gasteiger partial charge is 0.417 e. The minimum absolute atomic E-state index is 0.0756. The van der Waals surface area contributed by atoms with Gasteiger partial charge < -0.3 is 5.32 Å². The molecule has 4 rings (SSSR count).